The molecule has 2 amide bonds. The molecule has 0 fully saturated rings. The van der Waals surface area contributed by atoms with Crippen LogP contribution in [-0.4, -0.2) is 18.4 Å². The molecule has 4 nitrogen and oxygen atoms in total. The molecule has 0 saturated carbocycles. The monoisotopic (exact) mass is 388 g/mol. The zero-order valence-electron chi connectivity index (χ0n) is 14.1. The summed E-state index contributed by atoms with van der Waals surface area (Å²) >= 11 is 3.44. The molecule has 0 aliphatic heterocycles. The summed E-state index contributed by atoms with van der Waals surface area (Å²) in [7, 11) is 0. The second-order valence-electron chi connectivity index (χ2n) is 5.60. The van der Waals surface area contributed by atoms with Gasteiger partial charge >= 0.3 is 0 Å². The Hall–Kier alpha value is -2.14. The van der Waals surface area contributed by atoms with Gasteiger partial charge in [-0.25, -0.2) is 0 Å². The van der Waals surface area contributed by atoms with Crippen LogP contribution in [0.3, 0.4) is 0 Å². The van der Waals surface area contributed by atoms with E-state index in [9.17, 15) is 9.59 Å². The van der Waals surface area contributed by atoms with E-state index in [1.165, 1.54) is 11.8 Å². The highest BCUT2D eigenvalue weighted by Gasteiger charge is 2.17. The zero-order valence-corrected chi connectivity index (χ0v) is 15.7. The molecule has 0 bridgehead atoms. The van der Waals surface area contributed by atoms with Crippen LogP contribution >= 0.6 is 15.9 Å². The summed E-state index contributed by atoms with van der Waals surface area (Å²) in [5, 5.41) is 2.90. The third kappa shape index (κ3) is 4.45. The predicted octanol–water partition coefficient (Wildman–Crippen LogP) is 4.31. The SMILES string of the molecule is CCc1ccccc1NC(=O)CN(C(C)=O)c1ccc(Br)c(C)c1. The minimum absolute atomic E-state index is 0.0194. The highest BCUT2D eigenvalue weighted by molar-refractivity contribution is 9.10. The number of rotatable bonds is 5. The van der Waals surface area contributed by atoms with Gasteiger partial charge in [0, 0.05) is 22.8 Å². The van der Waals surface area contributed by atoms with Gasteiger partial charge in [-0.2, -0.15) is 0 Å². The van der Waals surface area contributed by atoms with Gasteiger partial charge < -0.3 is 10.2 Å². The molecule has 5 heteroatoms. The average molecular weight is 389 g/mol. The molecule has 0 spiro atoms. The molecular formula is C19H21BrN2O2. The van der Waals surface area contributed by atoms with Crippen molar-refractivity contribution >= 4 is 39.1 Å². The number of nitrogens with one attached hydrogen (secondary N) is 1. The van der Waals surface area contributed by atoms with Crippen LogP contribution < -0.4 is 10.2 Å². The van der Waals surface area contributed by atoms with Crippen LogP contribution in [0.4, 0.5) is 11.4 Å². The van der Waals surface area contributed by atoms with Crippen molar-refractivity contribution in [1.82, 2.24) is 0 Å². The second kappa shape index (κ2) is 8.11. The normalized spacial score (nSPS) is 10.3. The van der Waals surface area contributed by atoms with E-state index in [2.05, 4.69) is 21.2 Å². The standard InChI is InChI=1S/C19H21BrN2O2/c1-4-15-7-5-6-8-18(15)21-19(24)12-22(14(3)23)16-9-10-17(20)13(2)11-16/h5-11H,4,12H2,1-3H3,(H,21,24). The van der Waals surface area contributed by atoms with Crippen LogP contribution in [0.2, 0.25) is 0 Å². The lowest BCUT2D eigenvalue weighted by Crippen LogP contribution is -2.36. The lowest BCUT2D eigenvalue weighted by Gasteiger charge is -2.22. The first-order valence-electron chi connectivity index (χ1n) is 7.84. The molecule has 2 aromatic rings. The Morgan fingerprint density at radius 3 is 2.50 bits per heavy atom. The van der Waals surface area contributed by atoms with Crippen LogP contribution in [0.1, 0.15) is 25.0 Å². The molecule has 126 valence electrons. The molecule has 2 rings (SSSR count). The zero-order chi connectivity index (χ0) is 17.7. The number of nitrogens with zero attached hydrogens (tertiary/aromatic N) is 1. The molecule has 0 atom stereocenters. The van der Waals surface area contributed by atoms with E-state index in [1.54, 1.807) is 0 Å². The van der Waals surface area contributed by atoms with Crippen LogP contribution in [0.15, 0.2) is 46.9 Å². The molecule has 1 N–H and O–H groups in total. The van der Waals surface area contributed by atoms with Crippen molar-refractivity contribution in [3.63, 3.8) is 0 Å². The molecule has 24 heavy (non-hydrogen) atoms. The van der Waals surface area contributed by atoms with E-state index < -0.39 is 0 Å². The molecular weight excluding hydrogens is 368 g/mol. The first-order valence-corrected chi connectivity index (χ1v) is 8.63. The Balaban J connectivity index is 2.17. The quantitative estimate of drug-likeness (QED) is 0.829. The summed E-state index contributed by atoms with van der Waals surface area (Å²) in [6.07, 6.45) is 0.832. The lowest BCUT2D eigenvalue weighted by atomic mass is 10.1. The Morgan fingerprint density at radius 1 is 1.17 bits per heavy atom. The van der Waals surface area contributed by atoms with Crippen molar-refractivity contribution < 1.29 is 9.59 Å². The smallest absolute Gasteiger partial charge is 0.244 e. The van der Waals surface area contributed by atoms with Crippen LogP contribution in [0.5, 0.6) is 0 Å². The van der Waals surface area contributed by atoms with Gasteiger partial charge in [0.1, 0.15) is 6.54 Å². The number of amides is 2. The van der Waals surface area contributed by atoms with E-state index in [1.807, 2.05) is 56.3 Å². The highest BCUT2D eigenvalue weighted by atomic mass is 79.9. The Bertz CT molecular complexity index is 759. The van der Waals surface area contributed by atoms with Crippen molar-refractivity contribution in [2.75, 3.05) is 16.8 Å². The number of para-hydroxylation sites is 1. The van der Waals surface area contributed by atoms with Crippen molar-refractivity contribution in [2.24, 2.45) is 0 Å². The molecule has 0 aliphatic rings. The lowest BCUT2D eigenvalue weighted by molar-refractivity contribution is -0.120. The van der Waals surface area contributed by atoms with Crippen molar-refractivity contribution in [3.8, 4) is 0 Å². The Kier molecular flexibility index (Phi) is 6.15. The molecule has 0 aromatic heterocycles. The fourth-order valence-corrected chi connectivity index (χ4v) is 2.71. The number of hydrogen-bond acceptors (Lipinski definition) is 2. The molecule has 2 aromatic carbocycles. The average Bonchev–Trinajstić information content (AvgIpc) is 2.55. The highest BCUT2D eigenvalue weighted by Crippen LogP contribution is 2.23. The van der Waals surface area contributed by atoms with Gasteiger partial charge in [0.15, 0.2) is 0 Å². The van der Waals surface area contributed by atoms with Crippen molar-refractivity contribution in [3.05, 3.63) is 58.1 Å². The second-order valence-corrected chi connectivity index (χ2v) is 6.45. The minimum atomic E-state index is -0.216. The van der Waals surface area contributed by atoms with Gasteiger partial charge in [0.2, 0.25) is 11.8 Å². The van der Waals surface area contributed by atoms with Gasteiger partial charge in [-0.05, 0) is 48.7 Å². The number of anilines is 2. The number of hydrogen-bond donors (Lipinski definition) is 1. The van der Waals surface area contributed by atoms with Gasteiger partial charge in [-0.15, -0.1) is 0 Å². The molecule has 0 radical (unpaired) electrons. The summed E-state index contributed by atoms with van der Waals surface area (Å²) in [6, 6.07) is 13.3. The topological polar surface area (TPSA) is 49.4 Å². The van der Waals surface area contributed by atoms with Gasteiger partial charge in [0.05, 0.1) is 0 Å². The van der Waals surface area contributed by atoms with E-state index in [-0.39, 0.29) is 18.4 Å². The Morgan fingerprint density at radius 2 is 1.88 bits per heavy atom. The Labute approximate surface area is 151 Å². The van der Waals surface area contributed by atoms with Crippen LogP contribution in [0, 0.1) is 6.92 Å². The maximum atomic E-state index is 12.4. The van der Waals surface area contributed by atoms with Crippen LogP contribution in [0.25, 0.3) is 0 Å². The van der Waals surface area contributed by atoms with Gasteiger partial charge in [-0.3, -0.25) is 9.59 Å². The molecule has 0 heterocycles. The van der Waals surface area contributed by atoms with E-state index >= 15 is 0 Å². The third-order valence-corrected chi connectivity index (χ3v) is 4.70. The summed E-state index contributed by atoms with van der Waals surface area (Å²) < 4.78 is 0.969. The fourth-order valence-electron chi connectivity index (χ4n) is 2.47. The van der Waals surface area contributed by atoms with Gasteiger partial charge in [0.25, 0.3) is 0 Å². The maximum Gasteiger partial charge on any atom is 0.244 e. The van der Waals surface area contributed by atoms with E-state index in [0.29, 0.717) is 5.69 Å². The summed E-state index contributed by atoms with van der Waals surface area (Å²) in [5.74, 6) is -0.387. The number of benzene rings is 2. The minimum Gasteiger partial charge on any atom is -0.324 e. The summed E-state index contributed by atoms with van der Waals surface area (Å²) in [6.45, 7) is 5.43. The fraction of sp³-hybridized carbons (Fsp3) is 0.263. The first-order chi connectivity index (χ1) is 11.4. The first kappa shape index (κ1) is 18.2. The number of carbonyl (C=O) groups is 2. The number of aryl methyl sites for hydroxylation is 2. The summed E-state index contributed by atoms with van der Waals surface area (Å²) in [4.78, 5) is 25.9. The van der Waals surface area contributed by atoms with E-state index in [0.717, 1.165) is 27.7 Å². The molecule has 0 saturated heterocycles. The maximum absolute atomic E-state index is 12.4. The predicted molar refractivity (Wildman–Crippen MR) is 101 cm³/mol. The van der Waals surface area contributed by atoms with Crippen LogP contribution in [-0.2, 0) is 16.0 Å². The number of halogens is 1. The van der Waals surface area contributed by atoms with Gasteiger partial charge in [-0.1, -0.05) is 41.1 Å². The third-order valence-electron chi connectivity index (χ3n) is 3.81. The molecule has 0 aliphatic carbocycles. The van der Waals surface area contributed by atoms with Crippen molar-refractivity contribution in [2.45, 2.75) is 27.2 Å². The van der Waals surface area contributed by atoms with E-state index in [4.69, 9.17) is 0 Å². The molecule has 0 unspecified atom stereocenters. The number of carbonyl (C=O) groups excluding carboxylic acids is 2. The summed E-state index contributed by atoms with van der Waals surface area (Å²) in [5.41, 5.74) is 3.58. The largest absolute Gasteiger partial charge is 0.324 e. The van der Waals surface area contributed by atoms with Crippen molar-refractivity contribution in [1.29, 1.82) is 0 Å².